The lowest BCUT2D eigenvalue weighted by Gasteiger charge is -2.35. The van der Waals surface area contributed by atoms with E-state index in [4.69, 9.17) is 5.73 Å². The van der Waals surface area contributed by atoms with E-state index < -0.39 is 11.6 Å². The summed E-state index contributed by atoms with van der Waals surface area (Å²) in [5.74, 6) is -0.254. The predicted octanol–water partition coefficient (Wildman–Crippen LogP) is 3.09. The molecule has 2 aromatic heterocycles. The molecule has 3 aromatic rings. The number of anilines is 2. The van der Waals surface area contributed by atoms with Crippen molar-refractivity contribution in [2.75, 3.05) is 43.4 Å². The van der Waals surface area contributed by atoms with E-state index in [9.17, 15) is 8.78 Å². The molecule has 2 N–H and O–H groups in total. The molecule has 0 bridgehead atoms. The van der Waals surface area contributed by atoms with Crippen molar-refractivity contribution in [1.82, 2.24) is 24.6 Å². The second-order valence-corrected chi connectivity index (χ2v) is 7.19. The zero-order valence-corrected chi connectivity index (χ0v) is 17.9. The van der Waals surface area contributed by atoms with Crippen molar-refractivity contribution in [3.05, 3.63) is 65.6 Å². The van der Waals surface area contributed by atoms with Gasteiger partial charge in [-0.3, -0.25) is 4.90 Å². The van der Waals surface area contributed by atoms with Crippen molar-refractivity contribution >= 4 is 30.1 Å². The summed E-state index contributed by atoms with van der Waals surface area (Å²) in [4.78, 5) is 12.4. The molecule has 0 atom stereocenters. The summed E-state index contributed by atoms with van der Waals surface area (Å²) in [7, 11) is 0. The van der Waals surface area contributed by atoms with Crippen LogP contribution in [-0.4, -0.2) is 57.4 Å². The predicted molar refractivity (Wildman–Crippen MR) is 120 cm³/mol. The van der Waals surface area contributed by atoms with Crippen molar-refractivity contribution in [3.8, 4) is 5.82 Å². The highest BCUT2D eigenvalue weighted by atomic mass is 35.5. The molecular formula is C21H24ClF2N7. The van der Waals surface area contributed by atoms with Crippen LogP contribution in [0.3, 0.4) is 0 Å². The Morgan fingerprint density at radius 2 is 1.81 bits per heavy atom. The molecule has 1 aromatic carbocycles. The highest BCUT2D eigenvalue weighted by Crippen LogP contribution is 2.20. The lowest BCUT2D eigenvalue weighted by molar-refractivity contribution is 0.284. The Morgan fingerprint density at radius 3 is 2.48 bits per heavy atom. The molecule has 0 unspecified atom stereocenters. The van der Waals surface area contributed by atoms with Gasteiger partial charge in [-0.15, -0.1) is 12.4 Å². The van der Waals surface area contributed by atoms with Crippen LogP contribution < -0.4 is 10.6 Å². The highest BCUT2D eigenvalue weighted by molar-refractivity contribution is 5.85. The van der Waals surface area contributed by atoms with Gasteiger partial charge >= 0.3 is 0 Å². The maximum absolute atomic E-state index is 13.4. The number of hydrogen-bond donors (Lipinski definition) is 1. The minimum absolute atomic E-state index is 0. The summed E-state index contributed by atoms with van der Waals surface area (Å²) >= 11 is 0. The molecule has 4 rings (SSSR count). The van der Waals surface area contributed by atoms with Gasteiger partial charge in [0.05, 0.1) is 11.9 Å². The zero-order chi connectivity index (χ0) is 21.1. The number of aromatic nitrogens is 4. The summed E-state index contributed by atoms with van der Waals surface area (Å²) in [6, 6.07) is 5.41. The van der Waals surface area contributed by atoms with E-state index in [2.05, 4.69) is 26.0 Å². The van der Waals surface area contributed by atoms with E-state index in [1.165, 1.54) is 12.1 Å². The summed E-state index contributed by atoms with van der Waals surface area (Å²) in [6.07, 6.45) is 7.53. The van der Waals surface area contributed by atoms with Gasteiger partial charge in [0.25, 0.3) is 0 Å². The molecule has 0 spiro atoms. The molecular weight excluding hydrogens is 424 g/mol. The van der Waals surface area contributed by atoms with Gasteiger partial charge < -0.3 is 10.6 Å². The summed E-state index contributed by atoms with van der Waals surface area (Å²) in [5.41, 5.74) is 8.21. The maximum Gasteiger partial charge on any atom is 0.221 e. The monoisotopic (exact) mass is 447 g/mol. The molecule has 31 heavy (non-hydrogen) atoms. The molecule has 0 radical (unpaired) electrons. The molecule has 1 fully saturated rings. The van der Waals surface area contributed by atoms with Crippen molar-refractivity contribution in [3.63, 3.8) is 0 Å². The van der Waals surface area contributed by atoms with E-state index in [0.29, 0.717) is 11.5 Å². The van der Waals surface area contributed by atoms with E-state index in [0.717, 1.165) is 50.0 Å². The second kappa shape index (κ2) is 9.84. The average Bonchev–Trinajstić information content (AvgIpc) is 3.08. The molecule has 3 heterocycles. The van der Waals surface area contributed by atoms with E-state index in [1.54, 1.807) is 23.1 Å². The topological polar surface area (TPSA) is 76.1 Å². The minimum Gasteiger partial charge on any atom is -0.369 e. The third kappa shape index (κ3) is 5.36. The number of nitrogens with two attached hydrogens (primary N) is 1. The smallest absolute Gasteiger partial charge is 0.221 e. The molecule has 1 saturated heterocycles. The first-order chi connectivity index (χ1) is 14.5. The standard InChI is InChI=1S/C21H23F2N7.ClH/c1-15-16(14-26-30(15)20-4-5-25-21(24)27-20)3-2-6-28-7-9-29(10-8-28)19-12-17(22)11-18(23)13-19;/h2-5,11-14H,6-10H2,1H3,(H2,24,25,27);1H. The lowest BCUT2D eigenvalue weighted by Crippen LogP contribution is -2.46. The van der Waals surface area contributed by atoms with Crippen molar-refractivity contribution in [2.45, 2.75) is 6.92 Å². The number of rotatable bonds is 5. The van der Waals surface area contributed by atoms with Crippen LogP contribution in [-0.2, 0) is 0 Å². The van der Waals surface area contributed by atoms with Gasteiger partial charge in [0.15, 0.2) is 5.82 Å². The molecule has 0 aliphatic carbocycles. The van der Waals surface area contributed by atoms with E-state index in [1.807, 2.05) is 17.9 Å². The van der Waals surface area contributed by atoms with Gasteiger partial charge in [-0.2, -0.15) is 10.1 Å². The Morgan fingerprint density at radius 1 is 1.10 bits per heavy atom. The molecule has 1 aliphatic heterocycles. The molecule has 164 valence electrons. The van der Waals surface area contributed by atoms with Crippen molar-refractivity contribution < 1.29 is 8.78 Å². The SMILES string of the molecule is Cc1c(C=CCN2CCN(c3cc(F)cc(F)c3)CC2)cnn1-c1ccnc(N)n1.Cl. The fourth-order valence-electron chi connectivity index (χ4n) is 3.54. The lowest BCUT2D eigenvalue weighted by atomic mass is 10.2. The first-order valence-electron chi connectivity index (χ1n) is 9.73. The number of hydrogen-bond acceptors (Lipinski definition) is 6. The summed E-state index contributed by atoms with van der Waals surface area (Å²) < 4.78 is 28.6. The Labute approximate surface area is 185 Å². The van der Waals surface area contributed by atoms with Crippen molar-refractivity contribution in [2.24, 2.45) is 0 Å². The fourth-order valence-corrected chi connectivity index (χ4v) is 3.54. The van der Waals surface area contributed by atoms with E-state index >= 15 is 0 Å². The number of benzene rings is 1. The van der Waals surface area contributed by atoms with Crippen LogP contribution in [0, 0.1) is 18.6 Å². The number of halogens is 3. The van der Waals surface area contributed by atoms with Crippen LogP contribution in [0.2, 0.25) is 0 Å². The number of nitrogen functional groups attached to an aromatic ring is 1. The first kappa shape index (κ1) is 22.6. The van der Waals surface area contributed by atoms with Crippen LogP contribution in [0.25, 0.3) is 11.9 Å². The van der Waals surface area contributed by atoms with Crippen LogP contribution in [0.5, 0.6) is 0 Å². The Bertz CT molecular complexity index is 1040. The average molecular weight is 448 g/mol. The van der Waals surface area contributed by atoms with Crippen LogP contribution in [0.15, 0.2) is 42.7 Å². The molecule has 10 heteroatoms. The van der Waals surface area contributed by atoms with Crippen LogP contribution in [0.4, 0.5) is 20.4 Å². The molecule has 0 amide bonds. The number of piperazine rings is 1. The van der Waals surface area contributed by atoms with Crippen LogP contribution >= 0.6 is 12.4 Å². The van der Waals surface area contributed by atoms with Gasteiger partial charge in [-0.25, -0.2) is 18.4 Å². The van der Waals surface area contributed by atoms with Gasteiger partial charge in [0.1, 0.15) is 11.6 Å². The van der Waals surface area contributed by atoms with Gasteiger partial charge in [0, 0.05) is 62.3 Å². The second-order valence-electron chi connectivity index (χ2n) is 7.19. The zero-order valence-electron chi connectivity index (χ0n) is 17.1. The third-order valence-corrected chi connectivity index (χ3v) is 5.17. The van der Waals surface area contributed by atoms with Crippen molar-refractivity contribution in [1.29, 1.82) is 0 Å². The minimum atomic E-state index is -0.545. The first-order valence-corrected chi connectivity index (χ1v) is 9.73. The largest absolute Gasteiger partial charge is 0.369 e. The highest BCUT2D eigenvalue weighted by Gasteiger charge is 2.17. The molecule has 1 aliphatic rings. The maximum atomic E-state index is 13.4. The summed E-state index contributed by atoms with van der Waals surface area (Å²) in [5, 5.41) is 4.39. The normalized spacial score (nSPS) is 14.7. The van der Waals surface area contributed by atoms with E-state index in [-0.39, 0.29) is 18.4 Å². The van der Waals surface area contributed by atoms with Crippen LogP contribution in [0.1, 0.15) is 11.3 Å². The molecule has 7 nitrogen and oxygen atoms in total. The fraction of sp³-hybridized carbons (Fsp3) is 0.286. The van der Waals surface area contributed by atoms with Gasteiger partial charge in [0.2, 0.25) is 5.95 Å². The molecule has 0 saturated carbocycles. The van der Waals surface area contributed by atoms with Gasteiger partial charge in [-0.05, 0) is 19.1 Å². The van der Waals surface area contributed by atoms with Gasteiger partial charge in [-0.1, -0.05) is 12.2 Å². The Hall–Kier alpha value is -3.04. The Kier molecular flexibility index (Phi) is 7.19. The quantitative estimate of drug-likeness (QED) is 0.647. The summed E-state index contributed by atoms with van der Waals surface area (Å²) in [6.45, 7) is 5.85. The Balaban J connectivity index is 0.00000272. The number of nitrogens with zero attached hydrogens (tertiary/aromatic N) is 6. The third-order valence-electron chi connectivity index (χ3n) is 5.17.